The number of hydrogen-bond acceptors (Lipinski definition) is 5. The van der Waals surface area contributed by atoms with Gasteiger partial charge in [0.1, 0.15) is 19.0 Å². The van der Waals surface area contributed by atoms with E-state index in [2.05, 4.69) is 16.4 Å². The number of anilines is 1. The van der Waals surface area contributed by atoms with Crippen molar-refractivity contribution in [3.8, 4) is 11.5 Å². The highest BCUT2D eigenvalue weighted by Gasteiger charge is 2.29. The van der Waals surface area contributed by atoms with Gasteiger partial charge in [-0.25, -0.2) is 4.98 Å². The van der Waals surface area contributed by atoms with Gasteiger partial charge in [-0.3, -0.25) is 4.79 Å². The van der Waals surface area contributed by atoms with E-state index >= 15 is 0 Å². The number of rotatable bonds is 3. The number of nitrogens with zero attached hydrogens (tertiary/aromatic N) is 2. The maximum absolute atomic E-state index is 13.1. The molecule has 4 rings (SSSR count). The Labute approximate surface area is 153 Å². The molecule has 2 aliphatic rings. The lowest BCUT2D eigenvalue weighted by atomic mass is 9.90. The van der Waals surface area contributed by atoms with Crippen LogP contribution in [0.5, 0.6) is 11.5 Å². The Kier molecular flexibility index (Phi) is 4.65. The van der Waals surface area contributed by atoms with Crippen LogP contribution in [0.15, 0.2) is 36.5 Å². The number of pyridine rings is 1. The fourth-order valence-corrected chi connectivity index (χ4v) is 3.68. The highest BCUT2D eigenvalue weighted by molar-refractivity contribution is 5.98. The van der Waals surface area contributed by atoms with E-state index in [1.165, 1.54) is 5.56 Å². The van der Waals surface area contributed by atoms with E-state index in [9.17, 15) is 4.79 Å². The first-order valence-electron chi connectivity index (χ1n) is 9.08. The lowest BCUT2D eigenvalue weighted by Gasteiger charge is -2.34. The molecular weight excluding hydrogens is 330 g/mol. The minimum atomic E-state index is 0.0138. The van der Waals surface area contributed by atoms with Crippen molar-refractivity contribution in [3.63, 3.8) is 0 Å². The van der Waals surface area contributed by atoms with Gasteiger partial charge in [-0.05, 0) is 42.7 Å². The van der Waals surface area contributed by atoms with Gasteiger partial charge in [0.15, 0.2) is 11.5 Å². The Hall–Kier alpha value is -2.76. The van der Waals surface area contributed by atoms with Gasteiger partial charge in [0.2, 0.25) is 0 Å². The van der Waals surface area contributed by atoms with Gasteiger partial charge in [-0.15, -0.1) is 0 Å². The average molecular weight is 353 g/mol. The van der Waals surface area contributed by atoms with Gasteiger partial charge in [0, 0.05) is 32.3 Å². The number of carbonyl (C=O) groups excluding carboxylic acids is 1. The molecule has 1 aromatic heterocycles. The van der Waals surface area contributed by atoms with E-state index in [1.807, 2.05) is 42.4 Å². The Morgan fingerprint density at radius 2 is 2.15 bits per heavy atom. The topological polar surface area (TPSA) is 63.7 Å². The summed E-state index contributed by atoms with van der Waals surface area (Å²) in [6, 6.07) is 9.64. The smallest absolute Gasteiger partial charge is 0.257 e. The van der Waals surface area contributed by atoms with Gasteiger partial charge >= 0.3 is 0 Å². The number of ether oxygens (including phenoxy) is 2. The summed E-state index contributed by atoms with van der Waals surface area (Å²) in [6.07, 6.45) is 3.88. The summed E-state index contributed by atoms with van der Waals surface area (Å²) in [5.74, 6) is 2.42. The SMILES string of the molecule is CNc1cc([C@H]2CCCN(C(=O)c3cccc4c3OCCO4)C2)ccn1. The van der Waals surface area contributed by atoms with Crippen LogP contribution in [0.1, 0.15) is 34.7 Å². The summed E-state index contributed by atoms with van der Waals surface area (Å²) >= 11 is 0. The predicted octanol–water partition coefficient (Wildman–Crippen LogP) is 2.91. The molecule has 1 amide bonds. The Morgan fingerprint density at radius 3 is 3.04 bits per heavy atom. The molecule has 136 valence electrons. The molecule has 0 unspecified atom stereocenters. The molecule has 6 nitrogen and oxygen atoms in total. The number of aromatic nitrogens is 1. The number of carbonyl (C=O) groups is 1. The third-order valence-corrected chi connectivity index (χ3v) is 5.02. The number of piperidine rings is 1. The minimum absolute atomic E-state index is 0.0138. The standard InChI is InChI=1S/C20H23N3O3/c1-21-18-12-14(7-8-22-18)15-4-3-9-23(13-15)20(24)16-5-2-6-17-19(16)26-11-10-25-17/h2,5-8,12,15H,3-4,9-11,13H2,1H3,(H,21,22)/t15-/m0/s1. The van der Waals surface area contributed by atoms with Crippen molar-refractivity contribution in [1.82, 2.24) is 9.88 Å². The third-order valence-electron chi connectivity index (χ3n) is 5.02. The van der Waals surface area contributed by atoms with Crippen LogP contribution in [-0.4, -0.2) is 49.1 Å². The molecule has 0 aliphatic carbocycles. The fourth-order valence-electron chi connectivity index (χ4n) is 3.68. The van der Waals surface area contributed by atoms with E-state index in [0.29, 0.717) is 42.7 Å². The Morgan fingerprint density at radius 1 is 1.27 bits per heavy atom. The van der Waals surface area contributed by atoms with Gasteiger partial charge in [-0.1, -0.05) is 6.07 Å². The van der Waals surface area contributed by atoms with E-state index in [-0.39, 0.29) is 5.91 Å². The molecular formula is C20H23N3O3. The quantitative estimate of drug-likeness (QED) is 0.919. The summed E-state index contributed by atoms with van der Waals surface area (Å²) in [7, 11) is 1.86. The lowest BCUT2D eigenvalue weighted by molar-refractivity contribution is 0.0697. The molecule has 0 spiro atoms. The van der Waals surface area contributed by atoms with Crippen molar-refractivity contribution >= 4 is 11.7 Å². The monoisotopic (exact) mass is 353 g/mol. The second-order valence-corrected chi connectivity index (χ2v) is 6.64. The average Bonchev–Trinajstić information content (AvgIpc) is 2.73. The van der Waals surface area contributed by atoms with Crippen molar-refractivity contribution < 1.29 is 14.3 Å². The number of fused-ring (bicyclic) bond motifs is 1. The molecule has 0 bridgehead atoms. The lowest BCUT2D eigenvalue weighted by Crippen LogP contribution is -2.39. The normalized spacial score (nSPS) is 19.1. The molecule has 0 saturated carbocycles. The first-order valence-corrected chi connectivity index (χ1v) is 9.08. The van der Waals surface area contributed by atoms with Crippen molar-refractivity contribution in [2.45, 2.75) is 18.8 Å². The van der Waals surface area contributed by atoms with Crippen LogP contribution in [-0.2, 0) is 0 Å². The third kappa shape index (κ3) is 3.19. The van der Waals surface area contributed by atoms with E-state index in [1.54, 1.807) is 0 Å². The van der Waals surface area contributed by atoms with Crippen molar-refractivity contribution in [2.75, 3.05) is 38.7 Å². The molecule has 2 aromatic rings. The van der Waals surface area contributed by atoms with Crippen LogP contribution < -0.4 is 14.8 Å². The van der Waals surface area contributed by atoms with Crippen LogP contribution >= 0.6 is 0 Å². The molecule has 6 heteroatoms. The van der Waals surface area contributed by atoms with E-state index in [4.69, 9.17) is 9.47 Å². The van der Waals surface area contributed by atoms with Crippen molar-refractivity contribution in [1.29, 1.82) is 0 Å². The summed E-state index contributed by atoms with van der Waals surface area (Å²) in [5, 5.41) is 3.08. The van der Waals surface area contributed by atoms with Crippen molar-refractivity contribution in [2.24, 2.45) is 0 Å². The molecule has 26 heavy (non-hydrogen) atoms. The number of likely N-dealkylation sites (tertiary alicyclic amines) is 1. The highest BCUT2D eigenvalue weighted by atomic mass is 16.6. The van der Waals surface area contributed by atoms with Gasteiger partial charge in [0.05, 0.1) is 5.56 Å². The van der Waals surface area contributed by atoms with Crippen LogP contribution in [0.2, 0.25) is 0 Å². The Bertz CT molecular complexity index is 809. The molecule has 1 N–H and O–H groups in total. The molecule has 3 heterocycles. The number of nitrogens with one attached hydrogen (secondary N) is 1. The molecule has 1 aromatic carbocycles. The predicted molar refractivity (Wildman–Crippen MR) is 99.1 cm³/mol. The molecule has 2 aliphatic heterocycles. The maximum Gasteiger partial charge on any atom is 0.257 e. The molecule has 1 fully saturated rings. The van der Waals surface area contributed by atoms with Crippen LogP contribution in [0.25, 0.3) is 0 Å². The number of amides is 1. The first kappa shape index (κ1) is 16.7. The van der Waals surface area contributed by atoms with Crippen LogP contribution in [0.3, 0.4) is 0 Å². The zero-order valence-electron chi connectivity index (χ0n) is 14.9. The zero-order chi connectivity index (χ0) is 17.9. The second kappa shape index (κ2) is 7.23. The first-order chi connectivity index (χ1) is 12.8. The maximum atomic E-state index is 13.1. The van der Waals surface area contributed by atoms with Gasteiger partial charge in [0.25, 0.3) is 5.91 Å². The fraction of sp³-hybridized carbons (Fsp3) is 0.400. The summed E-state index contributed by atoms with van der Waals surface area (Å²) in [6.45, 7) is 2.47. The van der Waals surface area contributed by atoms with Crippen LogP contribution in [0, 0.1) is 0 Å². The molecule has 1 saturated heterocycles. The van der Waals surface area contributed by atoms with Gasteiger partial charge in [-0.2, -0.15) is 0 Å². The summed E-state index contributed by atoms with van der Waals surface area (Å²) in [5.41, 5.74) is 1.81. The molecule has 0 radical (unpaired) electrons. The second-order valence-electron chi connectivity index (χ2n) is 6.64. The van der Waals surface area contributed by atoms with E-state index < -0.39 is 0 Å². The summed E-state index contributed by atoms with van der Waals surface area (Å²) in [4.78, 5) is 19.3. The Balaban J connectivity index is 1.55. The number of hydrogen-bond donors (Lipinski definition) is 1. The largest absolute Gasteiger partial charge is 0.486 e. The number of benzene rings is 1. The number of para-hydroxylation sites is 1. The highest BCUT2D eigenvalue weighted by Crippen LogP contribution is 2.35. The molecule has 1 atom stereocenters. The minimum Gasteiger partial charge on any atom is -0.486 e. The summed E-state index contributed by atoms with van der Waals surface area (Å²) < 4.78 is 11.3. The van der Waals surface area contributed by atoms with Crippen molar-refractivity contribution in [3.05, 3.63) is 47.7 Å². The van der Waals surface area contributed by atoms with Crippen LogP contribution in [0.4, 0.5) is 5.82 Å². The van der Waals surface area contributed by atoms with E-state index in [0.717, 1.165) is 25.2 Å². The van der Waals surface area contributed by atoms with Gasteiger partial charge < -0.3 is 19.7 Å². The zero-order valence-corrected chi connectivity index (χ0v) is 14.9.